The van der Waals surface area contributed by atoms with Gasteiger partial charge < -0.3 is 14.4 Å². The van der Waals surface area contributed by atoms with Gasteiger partial charge in [0.15, 0.2) is 5.17 Å². The Hall–Kier alpha value is -2.99. The summed E-state index contributed by atoms with van der Waals surface area (Å²) in [6.07, 6.45) is 0. The van der Waals surface area contributed by atoms with Crippen molar-refractivity contribution >= 4 is 28.6 Å². The van der Waals surface area contributed by atoms with Crippen LogP contribution in [0.15, 0.2) is 76.3 Å². The Balaban J connectivity index is 1.90. The lowest BCUT2D eigenvalue weighted by molar-refractivity contribution is -0.139. The van der Waals surface area contributed by atoms with E-state index in [9.17, 15) is 4.79 Å². The molecule has 0 aromatic heterocycles. The van der Waals surface area contributed by atoms with Gasteiger partial charge in [-0.3, -0.25) is 0 Å². The number of amidine groups is 1. The molecule has 0 saturated carbocycles. The van der Waals surface area contributed by atoms with E-state index in [0.29, 0.717) is 24.5 Å². The molecule has 0 saturated heterocycles. The quantitative estimate of drug-likeness (QED) is 0.587. The van der Waals surface area contributed by atoms with Gasteiger partial charge in [-0.25, -0.2) is 9.79 Å². The van der Waals surface area contributed by atoms with E-state index in [1.54, 1.807) is 11.8 Å². The predicted octanol–water partition coefficient (Wildman–Crippen LogP) is 5.38. The lowest BCUT2D eigenvalue weighted by atomic mass is 9.92. The third kappa shape index (κ3) is 3.63. The number of carbonyl (C=O) groups is 1. The standard InChI is InChI=1S/C24H24N2O3S/c1-4-28-20-14-10-9-13-18(20)22-21(23(27)29-5-2)16(3)25-24-26(22)19(15-30-24)17-11-7-6-8-12-17/h6-15,22H,4-5H2,1-3H3/t22-/m1/s1. The lowest BCUT2D eigenvalue weighted by Gasteiger charge is -2.37. The Bertz CT molecular complexity index is 1040. The molecule has 0 radical (unpaired) electrons. The van der Waals surface area contributed by atoms with Crippen LogP contribution in [0, 0.1) is 0 Å². The number of allylic oxidation sites excluding steroid dienone is 1. The Morgan fingerprint density at radius 2 is 1.80 bits per heavy atom. The molecule has 6 heteroatoms. The molecular formula is C24H24N2O3S. The van der Waals surface area contributed by atoms with Gasteiger partial charge in [0, 0.05) is 11.0 Å². The van der Waals surface area contributed by atoms with Crippen LogP contribution >= 0.6 is 11.8 Å². The largest absolute Gasteiger partial charge is 0.494 e. The van der Waals surface area contributed by atoms with Crippen molar-refractivity contribution in [3.05, 3.63) is 82.4 Å². The summed E-state index contributed by atoms with van der Waals surface area (Å²) in [5.41, 5.74) is 4.20. The minimum atomic E-state index is -0.388. The second-order valence-electron chi connectivity index (χ2n) is 6.84. The number of thioether (sulfide) groups is 1. The molecule has 2 aliphatic rings. The van der Waals surface area contributed by atoms with E-state index in [1.807, 2.05) is 63.2 Å². The van der Waals surface area contributed by atoms with E-state index < -0.39 is 0 Å². The predicted molar refractivity (Wildman–Crippen MR) is 121 cm³/mol. The molecule has 154 valence electrons. The zero-order valence-corrected chi connectivity index (χ0v) is 18.1. The minimum absolute atomic E-state index is 0.308. The molecule has 0 spiro atoms. The number of ether oxygens (including phenoxy) is 2. The van der Waals surface area contributed by atoms with Gasteiger partial charge in [0.2, 0.25) is 0 Å². The van der Waals surface area contributed by atoms with Gasteiger partial charge in [-0.05, 0) is 32.4 Å². The third-order valence-corrected chi connectivity index (χ3v) is 5.84. The van der Waals surface area contributed by atoms with Crippen molar-refractivity contribution in [2.24, 2.45) is 4.99 Å². The molecule has 2 heterocycles. The summed E-state index contributed by atoms with van der Waals surface area (Å²) in [5, 5.41) is 2.93. The van der Waals surface area contributed by atoms with Crippen molar-refractivity contribution in [3.63, 3.8) is 0 Å². The van der Waals surface area contributed by atoms with E-state index in [4.69, 9.17) is 14.5 Å². The highest BCUT2D eigenvalue weighted by molar-refractivity contribution is 8.16. The second kappa shape index (κ2) is 8.79. The minimum Gasteiger partial charge on any atom is -0.494 e. The van der Waals surface area contributed by atoms with Crippen molar-refractivity contribution in [3.8, 4) is 5.75 Å². The van der Waals surface area contributed by atoms with Gasteiger partial charge in [0.25, 0.3) is 0 Å². The summed E-state index contributed by atoms with van der Waals surface area (Å²) in [5.74, 6) is 0.406. The molecule has 0 amide bonds. The fraction of sp³-hybridized carbons (Fsp3) is 0.250. The van der Waals surface area contributed by atoms with Gasteiger partial charge in [-0.15, -0.1) is 0 Å². The highest BCUT2D eigenvalue weighted by atomic mass is 32.2. The van der Waals surface area contributed by atoms with Crippen molar-refractivity contribution in [1.29, 1.82) is 0 Å². The topological polar surface area (TPSA) is 51.1 Å². The number of nitrogens with zero attached hydrogens (tertiary/aromatic N) is 2. The average molecular weight is 421 g/mol. The first-order valence-corrected chi connectivity index (χ1v) is 10.9. The SMILES string of the molecule is CCOC(=O)C1=C(C)N=C2SC=C(c3ccccc3)N2[C@@H]1c1ccccc1OCC. The first-order valence-electron chi connectivity index (χ1n) is 10.1. The van der Waals surface area contributed by atoms with Crippen molar-refractivity contribution < 1.29 is 14.3 Å². The summed E-state index contributed by atoms with van der Waals surface area (Å²) in [4.78, 5) is 19.9. The summed E-state index contributed by atoms with van der Waals surface area (Å²) in [6.45, 7) is 6.49. The number of aliphatic imine (C=N–C) groups is 1. The summed E-state index contributed by atoms with van der Waals surface area (Å²) in [7, 11) is 0. The number of hydrogen-bond acceptors (Lipinski definition) is 6. The van der Waals surface area contributed by atoms with E-state index >= 15 is 0 Å². The van der Waals surface area contributed by atoms with Crippen LogP contribution < -0.4 is 4.74 Å². The van der Waals surface area contributed by atoms with Crippen molar-refractivity contribution in [2.75, 3.05) is 13.2 Å². The molecular weight excluding hydrogens is 396 g/mol. The monoisotopic (exact) mass is 420 g/mol. The molecule has 0 fully saturated rings. The van der Waals surface area contributed by atoms with Crippen LogP contribution in [-0.4, -0.2) is 29.3 Å². The number of fused-ring (bicyclic) bond motifs is 1. The molecule has 4 rings (SSSR count). The number of para-hydroxylation sites is 1. The molecule has 0 N–H and O–H groups in total. The highest BCUT2D eigenvalue weighted by Crippen LogP contribution is 2.48. The fourth-order valence-corrected chi connectivity index (χ4v) is 4.73. The van der Waals surface area contributed by atoms with Crippen LogP contribution in [0.5, 0.6) is 5.75 Å². The smallest absolute Gasteiger partial charge is 0.338 e. The van der Waals surface area contributed by atoms with Crippen molar-refractivity contribution in [1.82, 2.24) is 4.90 Å². The maximum atomic E-state index is 13.1. The van der Waals surface area contributed by atoms with Crippen LogP contribution in [0.3, 0.4) is 0 Å². The molecule has 2 aliphatic heterocycles. The van der Waals surface area contributed by atoms with E-state index in [2.05, 4.69) is 22.4 Å². The van der Waals surface area contributed by atoms with Crippen molar-refractivity contribution in [2.45, 2.75) is 26.8 Å². The molecule has 1 atom stereocenters. The first kappa shape index (κ1) is 20.3. The van der Waals surface area contributed by atoms with E-state index in [1.165, 1.54) is 0 Å². The summed E-state index contributed by atoms with van der Waals surface area (Å²) < 4.78 is 11.4. The highest BCUT2D eigenvalue weighted by Gasteiger charge is 2.42. The normalized spacial score (nSPS) is 18.0. The number of carbonyl (C=O) groups excluding carboxylic acids is 1. The molecule has 2 aromatic carbocycles. The molecule has 2 aromatic rings. The fourth-order valence-electron chi connectivity index (χ4n) is 3.76. The zero-order valence-electron chi connectivity index (χ0n) is 17.3. The van der Waals surface area contributed by atoms with Gasteiger partial charge in [0.1, 0.15) is 5.75 Å². The maximum absolute atomic E-state index is 13.1. The van der Waals surface area contributed by atoms with E-state index in [0.717, 1.165) is 27.7 Å². The van der Waals surface area contributed by atoms with Crippen LogP contribution in [-0.2, 0) is 9.53 Å². The van der Waals surface area contributed by atoms with E-state index in [-0.39, 0.29) is 12.0 Å². The van der Waals surface area contributed by atoms with Gasteiger partial charge in [-0.2, -0.15) is 0 Å². The summed E-state index contributed by atoms with van der Waals surface area (Å²) >= 11 is 1.56. The van der Waals surface area contributed by atoms with Gasteiger partial charge in [-0.1, -0.05) is 60.3 Å². The second-order valence-corrected chi connectivity index (χ2v) is 7.68. The molecule has 0 aliphatic carbocycles. The molecule has 0 unspecified atom stereocenters. The Kier molecular flexibility index (Phi) is 5.95. The zero-order chi connectivity index (χ0) is 21.1. The third-order valence-electron chi connectivity index (χ3n) is 5.00. The average Bonchev–Trinajstić information content (AvgIpc) is 3.17. The Labute approximate surface area is 181 Å². The van der Waals surface area contributed by atoms with Crippen LogP contribution in [0.2, 0.25) is 0 Å². The van der Waals surface area contributed by atoms with Crippen LogP contribution in [0.4, 0.5) is 0 Å². The van der Waals surface area contributed by atoms with Gasteiger partial charge >= 0.3 is 5.97 Å². The van der Waals surface area contributed by atoms with Gasteiger partial charge in [0.05, 0.1) is 36.2 Å². The number of hydrogen-bond donors (Lipinski definition) is 0. The maximum Gasteiger partial charge on any atom is 0.338 e. The Morgan fingerprint density at radius 3 is 2.53 bits per heavy atom. The van der Waals surface area contributed by atoms with Crippen LogP contribution in [0.1, 0.15) is 37.9 Å². The molecule has 0 bridgehead atoms. The first-order chi connectivity index (χ1) is 14.7. The number of benzene rings is 2. The number of esters is 1. The Morgan fingerprint density at radius 1 is 1.07 bits per heavy atom. The number of rotatable bonds is 6. The molecule has 5 nitrogen and oxygen atoms in total. The van der Waals surface area contributed by atoms with Crippen LogP contribution in [0.25, 0.3) is 5.70 Å². The lowest BCUT2D eigenvalue weighted by Crippen LogP contribution is -2.36. The summed E-state index contributed by atoms with van der Waals surface area (Å²) in [6, 6.07) is 17.6. The molecule has 30 heavy (non-hydrogen) atoms.